The molecule has 1 heterocycles. The van der Waals surface area contributed by atoms with Gasteiger partial charge in [-0.1, -0.05) is 0 Å². The van der Waals surface area contributed by atoms with Crippen molar-refractivity contribution < 1.29 is 53.0 Å². The first-order valence-electron chi connectivity index (χ1n) is 4.57. The van der Waals surface area contributed by atoms with Crippen LogP contribution in [-0.4, -0.2) is 42.1 Å². The predicted octanol–water partition coefficient (Wildman–Crippen LogP) is 2.76. The molecule has 0 radical (unpaired) electrons. The molecule has 0 spiro atoms. The smallest absolute Gasteiger partial charge is 0.384 e. The number of alkyl halides is 11. The van der Waals surface area contributed by atoms with E-state index in [1.165, 1.54) is 4.99 Å². The number of hydrogen-bond acceptors (Lipinski definition) is 3. The molecule has 1 aliphatic heterocycles. The van der Waals surface area contributed by atoms with Crippen molar-refractivity contribution in [2.45, 2.75) is 36.3 Å². The number of ether oxygens (including phenoxy) is 1. The molecule has 0 saturated carbocycles. The molecule has 2 N–H and O–H groups in total. The highest BCUT2D eigenvalue weighted by Crippen LogP contribution is 2.56. The summed E-state index contributed by atoms with van der Waals surface area (Å²) in [6, 6.07) is 0. The zero-order chi connectivity index (χ0) is 17.1. The fourth-order valence-corrected chi connectivity index (χ4v) is 1.45. The molecule has 0 aromatic rings. The third kappa shape index (κ3) is 2.19. The molecule has 1 aliphatic rings. The van der Waals surface area contributed by atoms with Gasteiger partial charge in [0.1, 0.15) is 5.84 Å². The lowest BCUT2D eigenvalue weighted by Gasteiger charge is -2.36. The molecule has 0 aromatic heterocycles. The van der Waals surface area contributed by atoms with E-state index in [0.717, 1.165) is 0 Å². The molecule has 0 bridgehead atoms. The normalized spacial score (nSPS) is 27.1. The van der Waals surface area contributed by atoms with Gasteiger partial charge in [0.2, 0.25) is 0 Å². The van der Waals surface area contributed by atoms with Gasteiger partial charge in [-0.05, 0) is 0 Å². The quantitative estimate of drug-likeness (QED) is 0.747. The van der Waals surface area contributed by atoms with Gasteiger partial charge in [0.15, 0.2) is 0 Å². The minimum Gasteiger partial charge on any atom is -0.384 e. The number of halogens is 11. The Hall–Kier alpha value is -1.34. The van der Waals surface area contributed by atoms with Crippen LogP contribution in [0.5, 0.6) is 0 Å². The molecule has 14 heteroatoms. The number of nitrogens with zero attached hydrogens (tertiary/aromatic N) is 1. The van der Waals surface area contributed by atoms with Crippen molar-refractivity contribution in [2.24, 2.45) is 10.7 Å². The summed E-state index contributed by atoms with van der Waals surface area (Å²) >= 11 is 0. The SMILES string of the molecule is NC1=NC(C(F)(F)F)(C(F)(F)F)OC1(C(F)F)C(F)(F)F. The highest BCUT2D eigenvalue weighted by Gasteiger charge is 2.84. The fourth-order valence-electron chi connectivity index (χ4n) is 1.45. The highest BCUT2D eigenvalue weighted by atomic mass is 19.4. The molecular formula is C7H3F11N2O. The van der Waals surface area contributed by atoms with E-state index in [-0.39, 0.29) is 0 Å². The third-order valence-corrected chi connectivity index (χ3v) is 2.46. The molecule has 124 valence electrons. The standard InChI is InChI=1S/C7H3F11N2O/c8-1(9)3(5(10,11)12)2(19)20-4(21-3,6(13,14)15)7(16,17)18/h1H,(H2,19,20). The van der Waals surface area contributed by atoms with Gasteiger partial charge in [-0.15, -0.1) is 0 Å². The van der Waals surface area contributed by atoms with E-state index in [1.807, 2.05) is 0 Å². The van der Waals surface area contributed by atoms with Crippen LogP contribution < -0.4 is 5.73 Å². The Morgan fingerprint density at radius 2 is 1.24 bits per heavy atom. The molecule has 1 rings (SSSR count). The number of aliphatic imine (C=N–C) groups is 1. The summed E-state index contributed by atoms with van der Waals surface area (Å²) < 4.78 is 140. The Morgan fingerprint density at radius 3 is 1.38 bits per heavy atom. The monoisotopic (exact) mass is 340 g/mol. The minimum atomic E-state index is -6.60. The molecule has 0 fully saturated rings. The van der Waals surface area contributed by atoms with Crippen molar-refractivity contribution in [3.63, 3.8) is 0 Å². The van der Waals surface area contributed by atoms with E-state index in [4.69, 9.17) is 0 Å². The van der Waals surface area contributed by atoms with Gasteiger partial charge in [0.25, 0.3) is 12.0 Å². The lowest BCUT2D eigenvalue weighted by Crippen LogP contribution is -2.65. The number of rotatable bonds is 1. The molecule has 0 aliphatic carbocycles. The molecule has 1 unspecified atom stereocenters. The second kappa shape index (κ2) is 4.33. The van der Waals surface area contributed by atoms with Crippen LogP contribution in [0.4, 0.5) is 48.3 Å². The molecule has 0 saturated heterocycles. The van der Waals surface area contributed by atoms with Crippen LogP contribution in [0.2, 0.25) is 0 Å². The molecule has 0 amide bonds. The second-order valence-electron chi connectivity index (χ2n) is 3.77. The van der Waals surface area contributed by atoms with Crippen molar-refractivity contribution in [3.8, 4) is 0 Å². The maximum Gasteiger partial charge on any atom is 0.448 e. The van der Waals surface area contributed by atoms with Gasteiger partial charge in [-0.2, -0.15) is 39.5 Å². The van der Waals surface area contributed by atoms with Crippen molar-refractivity contribution in [1.82, 2.24) is 0 Å². The third-order valence-electron chi connectivity index (χ3n) is 2.46. The summed E-state index contributed by atoms with van der Waals surface area (Å²) in [5.74, 6) is -2.67. The van der Waals surface area contributed by atoms with Crippen LogP contribution in [-0.2, 0) is 4.74 Å². The van der Waals surface area contributed by atoms with Crippen LogP contribution in [0.25, 0.3) is 0 Å². The average molecular weight is 340 g/mol. The van der Waals surface area contributed by atoms with E-state index < -0.39 is 42.1 Å². The maximum absolute atomic E-state index is 12.5. The highest BCUT2D eigenvalue weighted by molar-refractivity contribution is 5.92. The van der Waals surface area contributed by atoms with E-state index in [0.29, 0.717) is 0 Å². The van der Waals surface area contributed by atoms with E-state index >= 15 is 0 Å². The first-order chi connectivity index (χ1) is 9.03. The molecule has 0 aromatic carbocycles. The van der Waals surface area contributed by atoms with E-state index in [1.54, 1.807) is 0 Å². The maximum atomic E-state index is 12.5. The van der Waals surface area contributed by atoms with Crippen molar-refractivity contribution >= 4 is 5.84 Å². The lowest BCUT2D eigenvalue weighted by atomic mass is 10.0. The lowest BCUT2D eigenvalue weighted by molar-refractivity contribution is -0.415. The first kappa shape index (κ1) is 17.7. The summed E-state index contributed by atoms with van der Waals surface area (Å²) in [5.41, 5.74) is -6.84. The van der Waals surface area contributed by atoms with Crippen LogP contribution >= 0.6 is 0 Å². The Kier molecular flexibility index (Phi) is 3.65. The zero-order valence-corrected chi connectivity index (χ0v) is 9.17. The summed E-state index contributed by atoms with van der Waals surface area (Å²) in [6.45, 7) is 0. The summed E-state index contributed by atoms with van der Waals surface area (Å²) in [7, 11) is 0. The van der Waals surface area contributed by atoms with E-state index in [2.05, 4.69) is 10.5 Å². The summed E-state index contributed by atoms with van der Waals surface area (Å²) in [6.07, 6.45) is -24.4. The number of amidine groups is 1. The van der Waals surface area contributed by atoms with Gasteiger partial charge in [0, 0.05) is 0 Å². The summed E-state index contributed by atoms with van der Waals surface area (Å²) in [4.78, 5) is 1.53. The second-order valence-corrected chi connectivity index (χ2v) is 3.77. The largest absolute Gasteiger partial charge is 0.448 e. The van der Waals surface area contributed by atoms with Gasteiger partial charge < -0.3 is 10.5 Å². The van der Waals surface area contributed by atoms with Crippen LogP contribution in [0.1, 0.15) is 0 Å². The topological polar surface area (TPSA) is 47.6 Å². The molecule has 21 heavy (non-hydrogen) atoms. The average Bonchev–Trinajstić information content (AvgIpc) is 2.51. The number of nitrogens with two attached hydrogens (primary N) is 1. The van der Waals surface area contributed by atoms with Gasteiger partial charge >= 0.3 is 24.3 Å². The van der Waals surface area contributed by atoms with Crippen LogP contribution in [0, 0.1) is 0 Å². The zero-order valence-electron chi connectivity index (χ0n) is 9.17. The van der Waals surface area contributed by atoms with Crippen molar-refractivity contribution in [3.05, 3.63) is 0 Å². The van der Waals surface area contributed by atoms with Crippen LogP contribution in [0.15, 0.2) is 4.99 Å². The van der Waals surface area contributed by atoms with E-state index in [9.17, 15) is 48.3 Å². The Morgan fingerprint density at radius 1 is 0.857 bits per heavy atom. The predicted molar refractivity (Wildman–Crippen MR) is 42.3 cm³/mol. The Balaban J connectivity index is 3.62. The van der Waals surface area contributed by atoms with Crippen molar-refractivity contribution in [2.75, 3.05) is 0 Å². The van der Waals surface area contributed by atoms with Gasteiger partial charge in [0.05, 0.1) is 0 Å². The van der Waals surface area contributed by atoms with Gasteiger partial charge in [-0.25, -0.2) is 13.8 Å². The van der Waals surface area contributed by atoms with Crippen LogP contribution in [0.3, 0.4) is 0 Å². The molecular weight excluding hydrogens is 337 g/mol. The number of hydrogen-bond donors (Lipinski definition) is 1. The minimum absolute atomic E-state index is 1.53. The Labute approximate surface area is 107 Å². The Bertz CT molecular complexity index is 433. The molecule has 3 nitrogen and oxygen atoms in total. The fraction of sp³-hybridized carbons (Fsp3) is 0.857. The van der Waals surface area contributed by atoms with Crippen molar-refractivity contribution in [1.29, 1.82) is 0 Å². The summed E-state index contributed by atoms with van der Waals surface area (Å²) in [5, 5.41) is 0. The molecule has 1 atom stereocenters. The van der Waals surface area contributed by atoms with Gasteiger partial charge in [-0.3, -0.25) is 0 Å². The first-order valence-corrected chi connectivity index (χ1v) is 4.57.